The van der Waals surface area contributed by atoms with Crippen molar-refractivity contribution in [3.05, 3.63) is 48.7 Å². The Bertz CT molecular complexity index is 674. The van der Waals surface area contributed by atoms with Gasteiger partial charge in [-0.1, -0.05) is 34.8 Å². The van der Waals surface area contributed by atoms with Gasteiger partial charge in [-0.05, 0) is 40.8 Å². The topological polar surface area (TPSA) is 12.9 Å². The standard InChI is InChI=1S/C12H4Cl3F3IN/c13-8-3-10(15)9(14)2-6(8)7-1-5(12(16,17)18)4-20-11(7)19/h1-4H. The van der Waals surface area contributed by atoms with E-state index >= 15 is 0 Å². The quantitative estimate of drug-likeness (QED) is 0.280. The normalized spacial score (nSPS) is 11.8. The minimum atomic E-state index is -4.48. The molecule has 0 amide bonds. The van der Waals surface area contributed by atoms with Gasteiger partial charge in [0.15, 0.2) is 0 Å². The second-order valence-electron chi connectivity index (χ2n) is 3.81. The second-order valence-corrected chi connectivity index (χ2v) is 6.05. The fraction of sp³-hybridized carbons (Fsp3) is 0.0833. The van der Waals surface area contributed by atoms with E-state index in [0.717, 1.165) is 12.3 Å². The maximum absolute atomic E-state index is 12.7. The van der Waals surface area contributed by atoms with Crippen LogP contribution in [0.4, 0.5) is 13.2 Å². The minimum absolute atomic E-state index is 0.207. The largest absolute Gasteiger partial charge is 0.417 e. The molecule has 0 spiro atoms. The van der Waals surface area contributed by atoms with E-state index in [-0.39, 0.29) is 20.6 Å². The number of pyridine rings is 1. The van der Waals surface area contributed by atoms with Gasteiger partial charge >= 0.3 is 6.18 Å². The maximum atomic E-state index is 12.7. The summed E-state index contributed by atoms with van der Waals surface area (Å²) >= 11 is 19.5. The number of hydrogen-bond donors (Lipinski definition) is 0. The number of alkyl halides is 3. The summed E-state index contributed by atoms with van der Waals surface area (Å²) in [5.41, 5.74) is -0.247. The summed E-state index contributed by atoms with van der Waals surface area (Å²) in [7, 11) is 0. The van der Waals surface area contributed by atoms with Gasteiger partial charge < -0.3 is 0 Å². The molecule has 106 valence electrons. The summed E-state index contributed by atoms with van der Waals surface area (Å²) in [6.45, 7) is 0. The average Bonchev–Trinajstić information content (AvgIpc) is 2.33. The van der Waals surface area contributed by atoms with E-state index in [2.05, 4.69) is 4.98 Å². The van der Waals surface area contributed by atoms with Gasteiger partial charge in [0, 0.05) is 17.3 Å². The van der Waals surface area contributed by atoms with Crippen LogP contribution in [0.1, 0.15) is 5.56 Å². The Morgan fingerprint density at radius 3 is 2.10 bits per heavy atom. The van der Waals surface area contributed by atoms with Crippen LogP contribution in [-0.4, -0.2) is 4.98 Å². The van der Waals surface area contributed by atoms with Gasteiger partial charge in [-0.2, -0.15) is 13.2 Å². The molecule has 1 aromatic heterocycles. The molecule has 20 heavy (non-hydrogen) atoms. The SMILES string of the molecule is FC(F)(F)c1cnc(I)c(-c2cc(Cl)c(Cl)cc2Cl)c1. The van der Waals surface area contributed by atoms with Crippen LogP contribution in [-0.2, 0) is 6.18 Å². The van der Waals surface area contributed by atoms with Crippen molar-refractivity contribution in [1.29, 1.82) is 0 Å². The lowest BCUT2D eigenvalue weighted by atomic mass is 10.1. The Morgan fingerprint density at radius 1 is 0.900 bits per heavy atom. The highest BCUT2D eigenvalue weighted by molar-refractivity contribution is 14.1. The number of hydrogen-bond acceptors (Lipinski definition) is 1. The molecule has 0 saturated carbocycles. The zero-order valence-corrected chi connectivity index (χ0v) is 13.8. The van der Waals surface area contributed by atoms with E-state index in [1.54, 1.807) is 0 Å². The summed E-state index contributed by atoms with van der Waals surface area (Å²) in [5.74, 6) is 0. The molecule has 8 heteroatoms. The Hall–Kier alpha value is -0.240. The predicted molar refractivity (Wildman–Crippen MR) is 82.4 cm³/mol. The third-order valence-electron chi connectivity index (χ3n) is 2.47. The van der Waals surface area contributed by atoms with E-state index in [9.17, 15) is 13.2 Å². The molecule has 0 N–H and O–H groups in total. The predicted octanol–water partition coefficient (Wildman–Crippen LogP) is 6.33. The first kappa shape index (κ1) is 16.1. The first-order valence-electron chi connectivity index (χ1n) is 5.08. The molecule has 1 nitrogen and oxygen atoms in total. The zero-order chi connectivity index (χ0) is 15.1. The van der Waals surface area contributed by atoms with Crippen molar-refractivity contribution in [2.75, 3.05) is 0 Å². The number of nitrogens with zero attached hydrogens (tertiary/aromatic N) is 1. The number of aromatic nitrogens is 1. The van der Waals surface area contributed by atoms with E-state index in [1.807, 2.05) is 22.6 Å². The van der Waals surface area contributed by atoms with E-state index in [1.165, 1.54) is 12.1 Å². The van der Waals surface area contributed by atoms with Crippen molar-refractivity contribution in [3.8, 4) is 11.1 Å². The Labute approximate surface area is 141 Å². The summed E-state index contributed by atoms with van der Waals surface area (Å²) in [6, 6.07) is 3.79. The molecule has 0 aliphatic carbocycles. The molecule has 1 aromatic carbocycles. The molecule has 2 aromatic rings. The summed E-state index contributed by atoms with van der Waals surface area (Å²) in [4.78, 5) is 3.75. The van der Waals surface area contributed by atoms with Gasteiger partial charge in [0.05, 0.1) is 20.6 Å². The van der Waals surface area contributed by atoms with Crippen LogP contribution in [0.15, 0.2) is 24.4 Å². The van der Waals surface area contributed by atoms with Gasteiger partial charge in [0.2, 0.25) is 0 Å². The lowest BCUT2D eigenvalue weighted by Gasteiger charge is -2.12. The Kier molecular flexibility index (Phi) is 4.73. The Balaban J connectivity index is 2.66. The monoisotopic (exact) mass is 451 g/mol. The highest BCUT2D eigenvalue weighted by atomic mass is 127. The lowest BCUT2D eigenvalue weighted by Crippen LogP contribution is -2.06. The Morgan fingerprint density at radius 2 is 1.50 bits per heavy atom. The van der Waals surface area contributed by atoms with Crippen LogP contribution < -0.4 is 0 Å². The molecule has 0 bridgehead atoms. The van der Waals surface area contributed by atoms with Crippen molar-refractivity contribution in [2.45, 2.75) is 6.18 Å². The highest BCUT2D eigenvalue weighted by Gasteiger charge is 2.32. The lowest BCUT2D eigenvalue weighted by molar-refractivity contribution is -0.137. The molecule has 1 heterocycles. The third kappa shape index (κ3) is 3.32. The molecule has 0 unspecified atom stereocenters. The van der Waals surface area contributed by atoms with Gasteiger partial charge in [-0.3, -0.25) is 0 Å². The first-order chi connectivity index (χ1) is 9.20. The van der Waals surface area contributed by atoms with Gasteiger partial charge in [-0.15, -0.1) is 0 Å². The van der Waals surface area contributed by atoms with Crippen molar-refractivity contribution in [1.82, 2.24) is 4.98 Å². The van der Waals surface area contributed by atoms with Crippen LogP contribution in [0.25, 0.3) is 11.1 Å². The second kappa shape index (κ2) is 5.87. The highest BCUT2D eigenvalue weighted by Crippen LogP contribution is 2.39. The maximum Gasteiger partial charge on any atom is 0.417 e. The van der Waals surface area contributed by atoms with Crippen LogP contribution in [0.5, 0.6) is 0 Å². The van der Waals surface area contributed by atoms with Crippen LogP contribution in [0.2, 0.25) is 15.1 Å². The van der Waals surface area contributed by atoms with E-state index in [4.69, 9.17) is 34.8 Å². The zero-order valence-electron chi connectivity index (χ0n) is 9.40. The molecule has 0 fully saturated rings. The summed E-state index contributed by atoms with van der Waals surface area (Å²) in [6.07, 6.45) is -3.70. The molecule has 0 radical (unpaired) electrons. The van der Waals surface area contributed by atoms with Crippen LogP contribution in [0.3, 0.4) is 0 Å². The molecule has 0 aliphatic rings. The van der Waals surface area contributed by atoms with Gasteiger partial charge in [0.1, 0.15) is 3.70 Å². The summed E-state index contributed by atoms with van der Waals surface area (Å²) in [5, 5.41) is 0.646. The van der Waals surface area contributed by atoms with Crippen LogP contribution >= 0.6 is 57.4 Å². The number of halogens is 7. The summed E-state index contributed by atoms with van der Waals surface area (Å²) < 4.78 is 38.6. The molecule has 2 rings (SSSR count). The van der Waals surface area contributed by atoms with Crippen molar-refractivity contribution in [2.24, 2.45) is 0 Å². The van der Waals surface area contributed by atoms with Gasteiger partial charge in [0.25, 0.3) is 0 Å². The van der Waals surface area contributed by atoms with Crippen molar-refractivity contribution < 1.29 is 13.2 Å². The molecular weight excluding hydrogens is 448 g/mol. The number of rotatable bonds is 1. The third-order valence-corrected chi connectivity index (χ3v) is 4.36. The van der Waals surface area contributed by atoms with Crippen molar-refractivity contribution in [3.63, 3.8) is 0 Å². The van der Waals surface area contributed by atoms with E-state index in [0.29, 0.717) is 9.26 Å². The fourth-order valence-electron chi connectivity index (χ4n) is 1.52. The smallest absolute Gasteiger partial charge is 0.249 e. The average molecular weight is 452 g/mol. The molecule has 0 aliphatic heterocycles. The van der Waals surface area contributed by atoms with Gasteiger partial charge in [-0.25, -0.2) is 4.98 Å². The number of benzene rings is 1. The van der Waals surface area contributed by atoms with Crippen LogP contribution in [0, 0.1) is 3.70 Å². The van der Waals surface area contributed by atoms with E-state index < -0.39 is 11.7 Å². The minimum Gasteiger partial charge on any atom is -0.249 e. The first-order valence-corrected chi connectivity index (χ1v) is 7.29. The molecule has 0 atom stereocenters. The fourth-order valence-corrected chi connectivity index (χ4v) is 2.76. The van der Waals surface area contributed by atoms with Crippen molar-refractivity contribution >= 4 is 57.4 Å². The molecule has 0 saturated heterocycles. The molecular formula is C12H4Cl3F3IN.